The Kier molecular flexibility index (Phi) is 3.04. The summed E-state index contributed by atoms with van der Waals surface area (Å²) in [5.74, 6) is -0.316. The van der Waals surface area contributed by atoms with Crippen molar-refractivity contribution in [2.45, 2.75) is 13.3 Å². The Morgan fingerprint density at radius 1 is 1.47 bits per heavy atom. The number of hydrogen-bond donors (Lipinski definition) is 0. The van der Waals surface area contributed by atoms with Crippen LogP contribution in [0.25, 0.3) is 0 Å². The number of carbonyl (C=O) groups excluding carboxylic acids is 1. The summed E-state index contributed by atoms with van der Waals surface area (Å²) in [6, 6.07) is 4.42. The molecule has 17 heavy (non-hydrogen) atoms. The average molecular weight is 232 g/mol. The van der Waals surface area contributed by atoms with E-state index in [1.165, 1.54) is 12.1 Å². The van der Waals surface area contributed by atoms with E-state index in [2.05, 4.69) is 5.10 Å². The summed E-state index contributed by atoms with van der Waals surface area (Å²) in [6.07, 6.45) is 3.75. The fourth-order valence-electron chi connectivity index (χ4n) is 1.67. The van der Waals surface area contributed by atoms with Gasteiger partial charge in [-0.25, -0.2) is 4.39 Å². The molecule has 0 fully saturated rings. The molecule has 0 spiro atoms. The molecule has 2 rings (SSSR count). The molecular weight excluding hydrogens is 219 g/mol. The number of carbonyl (C=O) groups is 1. The molecule has 0 aliphatic rings. The topological polar surface area (TPSA) is 34.9 Å². The summed E-state index contributed by atoms with van der Waals surface area (Å²) in [7, 11) is 1.80. The van der Waals surface area contributed by atoms with E-state index < -0.39 is 0 Å². The standard InChI is InChI=1S/C13H13FN2O/c1-9-5-11(3-4-12(9)14)13(17)6-10-7-15-16(2)8-10/h3-5,7-8H,6H2,1-2H3. The predicted octanol–water partition coefficient (Wildman–Crippen LogP) is 2.29. The van der Waals surface area contributed by atoms with Gasteiger partial charge in [-0.15, -0.1) is 0 Å². The molecule has 0 N–H and O–H groups in total. The third kappa shape index (κ3) is 2.58. The quantitative estimate of drug-likeness (QED) is 0.761. The molecule has 0 aliphatic carbocycles. The Morgan fingerprint density at radius 3 is 2.82 bits per heavy atom. The second kappa shape index (κ2) is 4.49. The molecule has 0 bridgehead atoms. The van der Waals surface area contributed by atoms with E-state index in [0.717, 1.165) is 5.56 Å². The van der Waals surface area contributed by atoms with Crippen molar-refractivity contribution in [3.8, 4) is 0 Å². The van der Waals surface area contributed by atoms with Crippen molar-refractivity contribution in [3.05, 3.63) is 53.1 Å². The number of hydrogen-bond acceptors (Lipinski definition) is 2. The number of benzene rings is 1. The molecule has 2 aromatic rings. The maximum atomic E-state index is 13.1. The summed E-state index contributed by atoms with van der Waals surface area (Å²) in [5.41, 5.74) is 1.88. The lowest BCUT2D eigenvalue weighted by Gasteiger charge is -2.01. The number of Topliss-reactive ketones (excluding diaryl/α,β-unsaturated/α-hetero) is 1. The minimum atomic E-state index is -0.289. The molecule has 1 heterocycles. The minimum Gasteiger partial charge on any atom is -0.294 e. The number of ketones is 1. The highest BCUT2D eigenvalue weighted by Gasteiger charge is 2.09. The van der Waals surface area contributed by atoms with E-state index in [-0.39, 0.29) is 11.6 Å². The monoisotopic (exact) mass is 232 g/mol. The zero-order chi connectivity index (χ0) is 12.4. The van der Waals surface area contributed by atoms with Crippen LogP contribution in [0.1, 0.15) is 21.5 Å². The molecule has 0 amide bonds. The second-order valence-electron chi connectivity index (χ2n) is 4.09. The number of aromatic nitrogens is 2. The Hall–Kier alpha value is -1.97. The first-order valence-electron chi connectivity index (χ1n) is 5.33. The van der Waals surface area contributed by atoms with Crippen LogP contribution in [-0.2, 0) is 13.5 Å². The van der Waals surface area contributed by atoms with Crippen molar-refractivity contribution >= 4 is 5.78 Å². The van der Waals surface area contributed by atoms with E-state index in [1.54, 1.807) is 37.1 Å². The molecule has 1 aromatic heterocycles. The molecule has 88 valence electrons. The van der Waals surface area contributed by atoms with Crippen LogP contribution in [0.2, 0.25) is 0 Å². The highest BCUT2D eigenvalue weighted by atomic mass is 19.1. The Labute approximate surface area is 98.9 Å². The summed E-state index contributed by atoms with van der Waals surface area (Å²) < 4.78 is 14.7. The van der Waals surface area contributed by atoms with Crippen LogP contribution < -0.4 is 0 Å². The lowest BCUT2D eigenvalue weighted by molar-refractivity contribution is 0.0993. The van der Waals surface area contributed by atoms with Crippen molar-refractivity contribution in [1.82, 2.24) is 9.78 Å². The molecule has 0 atom stereocenters. The van der Waals surface area contributed by atoms with Gasteiger partial charge in [0.1, 0.15) is 5.82 Å². The van der Waals surface area contributed by atoms with Crippen LogP contribution in [0.3, 0.4) is 0 Å². The van der Waals surface area contributed by atoms with Gasteiger partial charge in [0.25, 0.3) is 0 Å². The van der Waals surface area contributed by atoms with Crippen molar-refractivity contribution < 1.29 is 9.18 Å². The second-order valence-corrected chi connectivity index (χ2v) is 4.09. The van der Waals surface area contributed by atoms with Crippen molar-refractivity contribution in [2.75, 3.05) is 0 Å². The Morgan fingerprint density at radius 2 is 2.24 bits per heavy atom. The first-order valence-corrected chi connectivity index (χ1v) is 5.33. The van der Waals surface area contributed by atoms with Crippen LogP contribution in [0.4, 0.5) is 4.39 Å². The molecule has 0 saturated heterocycles. The van der Waals surface area contributed by atoms with Gasteiger partial charge in [0.15, 0.2) is 5.78 Å². The summed E-state index contributed by atoms with van der Waals surface area (Å²) in [5, 5.41) is 4.00. The van der Waals surface area contributed by atoms with Crippen LogP contribution >= 0.6 is 0 Å². The highest BCUT2D eigenvalue weighted by Crippen LogP contribution is 2.12. The average Bonchev–Trinajstić information content (AvgIpc) is 2.68. The van der Waals surface area contributed by atoms with Crippen LogP contribution in [0.15, 0.2) is 30.6 Å². The molecule has 4 heteroatoms. The number of aryl methyl sites for hydroxylation is 2. The van der Waals surface area contributed by atoms with Gasteiger partial charge in [0, 0.05) is 25.2 Å². The third-order valence-corrected chi connectivity index (χ3v) is 2.60. The van der Waals surface area contributed by atoms with Gasteiger partial charge in [0.05, 0.1) is 6.20 Å². The van der Waals surface area contributed by atoms with E-state index >= 15 is 0 Å². The van der Waals surface area contributed by atoms with Gasteiger partial charge in [-0.3, -0.25) is 9.48 Å². The largest absolute Gasteiger partial charge is 0.294 e. The van der Waals surface area contributed by atoms with E-state index in [4.69, 9.17) is 0 Å². The van der Waals surface area contributed by atoms with Crippen LogP contribution in [-0.4, -0.2) is 15.6 Å². The maximum Gasteiger partial charge on any atom is 0.167 e. The smallest absolute Gasteiger partial charge is 0.167 e. The highest BCUT2D eigenvalue weighted by molar-refractivity contribution is 5.97. The van der Waals surface area contributed by atoms with Gasteiger partial charge in [-0.2, -0.15) is 5.10 Å². The molecule has 3 nitrogen and oxygen atoms in total. The Bertz CT molecular complexity index is 560. The molecule has 0 radical (unpaired) electrons. The van der Waals surface area contributed by atoms with Gasteiger partial charge >= 0.3 is 0 Å². The molecular formula is C13H13FN2O. The van der Waals surface area contributed by atoms with Crippen molar-refractivity contribution in [2.24, 2.45) is 7.05 Å². The predicted molar refractivity (Wildman–Crippen MR) is 62.4 cm³/mol. The zero-order valence-corrected chi connectivity index (χ0v) is 9.77. The van der Waals surface area contributed by atoms with E-state index in [1.807, 2.05) is 0 Å². The van der Waals surface area contributed by atoms with Crippen LogP contribution in [0.5, 0.6) is 0 Å². The zero-order valence-electron chi connectivity index (χ0n) is 9.77. The summed E-state index contributed by atoms with van der Waals surface area (Å²) >= 11 is 0. The van der Waals surface area contributed by atoms with E-state index in [0.29, 0.717) is 17.5 Å². The summed E-state index contributed by atoms with van der Waals surface area (Å²) in [6.45, 7) is 1.65. The number of halogens is 1. The third-order valence-electron chi connectivity index (χ3n) is 2.60. The van der Waals surface area contributed by atoms with Gasteiger partial charge in [-0.1, -0.05) is 0 Å². The molecule has 0 saturated carbocycles. The lowest BCUT2D eigenvalue weighted by Crippen LogP contribution is -2.03. The molecule has 0 aliphatic heterocycles. The van der Waals surface area contributed by atoms with Crippen LogP contribution in [0, 0.1) is 12.7 Å². The number of nitrogens with zero attached hydrogens (tertiary/aromatic N) is 2. The van der Waals surface area contributed by atoms with Gasteiger partial charge in [-0.05, 0) is 36.2 Å². The number of rotatable bonds is 3. The van der Waals surface area contributed by atoms with Crippen molar-refractivity contribution in [3.63, 3.8) is 0 Å². The first-order chi connectivity index (χ1) is 8.06. The van der Waals surface area contributed by atoms with Crippen molar-refractivity contribution in [1.29, 1.82) is 0 Å². The first kappa shape index (κ1) is 11.5. The van der Waals surface area contributed by atoms with Gasteiger partial charge < -0.3 is 0 Å². The fraction of sp³-hybridized carbons (Fsp3) is 0.231. The molecule has 1 aromatic carbocycles. The van der Waals surface area contributed by atoms with E-state index in [9.17, 15) is 9.18 Å². The van der Waals surface area contributed by atoms with Gasteiger partial charge in [0.2, 0.25) is 0 Å². The summed E-state index contributed by atoms with van der Waals surface area (Å²) in [4.78, 5) is 11.9. The minimum absolute atomic E-state index is 0.0268. The molecule has 0 unspecified atom stereocenters. The maximum absolute atomic E-state index is 13.1. The normalized spacial score (nSPS) is 10.5. The Balaban J connectivity index is 2.17. The SMILES string of the molecule is Cc1cc(C(=O)Cc2cnn(C)c2)ccc1F. The fourth-order valence-corrected chi connectivity index (χ4v) is 1.67. The lowest BCUT2D eigenvalue weighted by atomic mass is 10.0.